The van der Waals surface area contributed by atoms with E-state index < -0.39 is 17.8 Å². The van der Waals surface area contributed by atoms with Gasteiger partial charge in [-0.1, -0.05) is 11.6 Å². The van der Waals surface area contributed by atoms with Gasteiger partial charge in [-0.3, -0.25) is 9.59 Å². The number of rotatable bonds is 6. The molecule has 0 aromatic heterocycles. The van der Waals surface area contributed by atoms with Gasteiger partial charge >= 0.3 is 0 Å². The third-order valence-electron chi connectivity index (χ3n) is 2.38. The van der Waals surface area contributed by atoms with Crippen LogP contribution >= 0.6 is 11.6 Å². The van der Waals surface area contributed by atoms with Crippen molar-refractivity contribution in [3.05, 3.63) is 29.0 Å². The van der Waals surface area contributed by atoms with Gasteiger partial charge in [0.2, 0.25) is 5.91 Å². The number of hydrogen-bond acceptors (Lipinski definition) is 3. The summed E-state index contributed by atoms with van der Waals surface area (Å²) in [5.74, 6) is -1.01. The van der Waals surface area contributed by atoms with Crippen molar-refractivity contribution in [1.29, 1.82) is 0 Å². The molecule has 0 spiro atoms. The van der Waals surface area contributed by atoms with Crippen LogP contribution in [0.2, 0.25) is 5.02 Å². The Morgan fingerprint density at radius 2 is 2.15 bits per heavy atom. The standard InChI is InChI=1S/C13H16ClFN2O3/c1-3-16-13(19)8(2)17-12(18)7-20-9-4-5-11(15)10(14)6-9/h4-6,8H,3,7H2,1-2H3,(H,16,19)(H,17,18)/t8-/m0/s1. The lowest BCUT2D eigenvalue weighted by molar-refractivity contribution is -0.129. The predicted octanol–water partition coefficient (Wildman–Crippen LogP) is 1.50. The van der Waals surface area contributed by atoms with Crippen molar-refractivity contribution in [3.63, 3.8) is 0 Å². The van der Waals surface area contributed by atoms with Gasteiger partial charge in [-0.05, 0) is 26.0 Å². The van der Waals surface area contributed by atoms with Gasteiger partial charge < -0.3 is 15.4 Å². The van der Waals surface area contributed by atoms with Crippen LogP contribution in [0.5, 0.6) is 5.75 Å². The first-order chi connectivity index (χ1) is 9.43. The molecule has 110 valence electrons. The van der Waals surface area contributed by atoms with Gasteiger partial charge in [0.25, 0.3) is 5.91 Å². The van der Waals surface area contributed by atoms with E-state index in [4.69, 9.17) is 16.3 Å². The Morgan fingerprint density at radius 1 is 1.45 bits per heavy atom. The molecule has 7 heteroatoms. The Hall–Kier alpha value is -1.82. The minimum atomic E-state index is -0.650. The van der Waals surface area contributed by atoms with Gasteiger partial charge in [-0.15, -0.1) is 0 Å². The number of nitrogens with one attached hydrogen (secondary N) is 2. The molecule has 2 amide bonds. The smallest absolute Gasteiger partial charge is 0.258 e. The fourth-order valence-corrected chi connectivity index (χ4v) is 1.56. The number of benzene rings is 1. The van der Waals surface area contributed by atoms with Crippen molar-refractivity contribution in [2.45, 2.75) is 19.9 Å². The SMILES string of the molecule is CCNC(=O)[C@H](C)NC(=O)COc1ccc(F)c(Cl)c1. The van der Waals surface area contributed by atoms with E-state index in [9.17, 15) is 14.0 Å². The quantitative estimate of drug-likeness (QED) is 0.837. The fraction of sp³-hybridized carbons (Fsp3) is 0.385. The van der Waals surface area contributed by atoms with Crippen LogP contribution in [0.3, 0.4) is 0 Å². The molecule has 5 nitrogen and oxygen atoms in total. The highest BCUT2D eigenvalue weighted by Gasteiger charge is 2.14. The number of ether oxygens (including phenoxy) is 1. The molecule has 0 unspecified atom stereocenters. The molecular formula is C13H16ClFN2O3. The summed E-state index contributed by atoms with van der Waals surface area (Å²) in [6, 6.07) is 3.13. The van der Waals surface area contributed by atoms with E-state index in [2.05, 4.69) is 10.6 Å². The highest BCUT2D eigenvalue weighted by Crippen LogP contribution is 2.20. The number of hydrogen-bond donors (Lipinski definition) is 2. The summed E-state index contributed by atoms with van der Waals surface area (Å²) in [6.45, 7) is 3.56. The molecular weight excluding hydrogens is 287 g/mol. The molecule has 2 N–H and O–H groups in total. The lowest BCUT2D eigenvalue weighted by atomic mass is 10.3. The van der Waals surface area contributed by atoms with E-state index in [-0.39, 0.29) is 23.3 Å². The van der Waals surface area contributed by atoms with Crippen molar-refractivity contribution in [2.75, 3.05) is 13.2 Å². The zero-order chi connectivity index (χ0) is 15.1. The second-order valence-corrected chi connectivity index (χ2v) is 4.46. The van der Waals surface area contributed by atoms with E-state index in [0.717, 1.165) is 6.07 Å². The molecule has 0 heterocycles. The average Bonchev–Trinajstić information content (AvgIpc) is 2.40. The third-order valence-corrected chi connectivity index (χ3v) is 2.67. The van der Waals surface area contributed by atoms with Gasteiger partial charge in [-0.2, -0.15) is 0 Å². The van der Waals surface area contributed by atoms with Crippen LogP contribution in [0.4, 0.5) is 4.39 Å². The summed E-state index contributed by atoms with van der Waals surface area (Å²) in [7, 11) is 0. The van der Waals surface area contributed by atoms with Gasteiger partial charge in [0.05, 0.1) is 5.02 Å². The number of carbonyl (C=O) groups is 2. The normalized spacial score (nSPS) is 11.6. The summed E-state index contributed by atoms with van der Waals surface area (Å²) in [5.41, 5.74) is 0. The van der Waals surface area contributed by atoms with Crippen LogP contribution < -0.4 is 15.4 Å². The molecule has 0 fully saturated rings. The van der Waals surface area contributed by atoms with Crippen LogP contribution in [0, 0.1) is 5.82 Å². The van der Waals surface area contributed by atoms with Crippen LogP contribution in [0.1, 0.15) is 13.8 Å². The maximum atomic E-state index is 12.9. The monoisotopic (exact) mass is 302 g/mol. The molecule has 0 radical (unpaired) electrons. The second-order valence-electron chi connectivity index (χ2n) is 4.05. The summed E-state index contributed by atoms with van der Waals surface area (Å²) < 4.78 is 18.1. The van der Waals surface area contributed by atoms with E-state index in [0.29, 0.717) is 6.54 Å². The molecule has 1 aromatic carbocycles. The van der Waals surface area contributed by atoms with Crippen LogP contribution in [-0.2, 0) is 9.59 Å². The fourth-order valence-electron chi connectivity index (χ4n) is 1.39. The predicted molar refractivity (Wildman–Crippen MR) is 73.2 cm³/mol. The summed E-state index contributed by atoms with van der Waals surface area (Å²) in [4.78, 5) is 23.0. The zero-order valence-electron chi connectivity index (χ0n) is 11.2. The van der Waals surface area contributed by atoms with Gasteiger partial charge in [0.1, 0.15) is 17.6 Å². The molecule has 0 aliphatic heterocycles. The van der Waals surface area contributed by atoms with E-state index in [1.54, 1.807) is 13.8 Å². The van der Waals surface area contributed by atoms with Crippen LogP contribution in [0.15, 0.2) is 18.2 Å². The first-order valence-corrected chi connectivity index (χ1v) is 6.46. The van der Waals surface area contributed by atoms with Crippen LogP contribution in [0.25, 0.3) is 0 Å². The molecule has 20 heavy (non-hydrogen) atoms. The number of amides is 2. The van der Waals surface area contributed by atoms with E-state index >= 15 is 0 Å². The second kappa shape index (κ2) is 7.69. The highest BCUT2D eigenvalue weighted by atomic mass is 35.5. The maximum absolute atomic E-state index is 12.9. The molecule has 1 aromatic rings. The summed E-state index contributed by atoms with van der Waals surface area (Å²) in [6.07, 6.45) is 0. The number of carbonyl (C=O) groups excluding carboxylic acids is 2. The lowest BCUT2D eigenvalue weighted by Crippen LogP contribution is -2.46. The first kappa shape index (κ1) is 16.2. The molecule has 0 saturated carbocycles. The highest BCUT2D eigenvalue weighted by molar-refractivity contribution is 6.30. The summed E-state index contributed by atoms with van der Waals surface area (Å²) in [5, 5.41) is 4.98. The van der Waals surface area contributed by atoms with Crippen molar-refractivity contribution >= 4 is 23.4 Å². The Bertz CT molecular complexity index is 497. The Labute approximate surface area is 121 Å². The molecule has 1 rings (SSSR count). The number of halogens is 2. The largest absolute Gasteiger partial charge is 0.484 e. The van der Waals surface area contributed by atoms with E-state index in [1.807, 2.05) is 0 Å². The average molecular weight is 303 g/mol. The number of likely N-dealkylation sites (N-methyl/N-ethyl adjacent to an activating group) is 1. The summed E-state index contributed by atoms with van der Waals surface area (Å²) >= 11 is 5.58. The molecule has 0 saturated heterocycles. The molecule has 0 aliphatic rings. The van der Waals surface area contributed by atoms with Gasteiger partial charge in [0.15, 0.2) is 6.61 Å². The van der Waals surface area contributed by atoms with Crippen molar-refractivity contribution in [2.24, 2.45) is 0 Å². The van der Waals surface area contributed by atoms with Crippen LogP contribution in [-0.4, -0.2) is 31.0 Å². The van der Waals surface area contributed by atoms with Crippen molar-refractivity contribution < 1.29 is 18.7 Å². The Balaban J connectivity index is 2.43. The molecule has 0 bridgehead atoms. The van der Waals surface area contributed by atoms with Gasteiger partial charge in [-0.25, -0.2) is 4.39 Å². The molecule has 0 aliphatic carbocycles. The molecule has 1 atom stereocenters. The third kappa shape index (κ3) is 5.05. The minimum absolute atomic E-state index is 0.0846. The Kier molecular flexibility index (Phi) is 6.24. The Morgan fingerprint density at radius 3 is 2.75 bits per heavy atom. The van der Waals surface area contributed by atoms with E-state index in [1.165, 1.54) is 12.1 Å². The topological polar surface area (TPSA) is 67.4 Å². The zero-order valence-corrected chi connectivity index (χ0v) is 12.0. The van der Waals surface area contributed by atoms with Gasteiger partial charge in [0, 0.05) is 12.6 Å². The lowest BCUT2D eigenvalue weighted by Gasteiger charge is -2.13. The van der Waals surface area contributed by atoms with Crippen molar-refractivity contribution in [3.8, 4) is 5.75 Å². The minimum Gasteiger partial charge on any atom is -0.484 e. The van der Waals surface area contributed by atoms with Crippen molar-refractivity contribution in [1.82, 2.24) is 10.6 Å². The maximum Gasteiger partial charge on any atom is 0.258 e. The first-order valence-electron chi connectivity index (χ1n) is 6.09.